The van der Waals surface area contributed by atoms with Crippen LogP contribution in [0.1, 0.15) is 59.3 Å². The maximum atomic E-state index is 12.4. The van der Waals surface area contributed by atoms with Crippen LogP contribution < -0.4 is 11.1 Å². The van der Waals surface area contributed by atoms with Gasteiger partial charge in [0, 0.05) is 19.1 Å². The molecular weight excluding hydrogens is 276 g/mol. The van der Waals surface area contributed by atoms with Gasteiger partial charge >= 0.3 is 0 Å². The Kier molecular flexibility index (Phi) is 5.14. The topological polar surface area (TPSA) is 82.1 Å². The van der Waals surface area contributed by atoms with Gasteiger partial charge in [0.05, 0.1) is 12.1 Å². The lowest BCUT2D eigenvalue weighted by molar-refractivity contribution is -0.124. The third kappa shape index (κ3) is 4.21. The van der Waals surface area contributed by atoms with Crippen LogP contribution in [0.25, 0.3) is 0 Å². The van der Waals surface area contributed by atoms with E-state index < -0.39 is 11.6 Å². The van der Waals surface area contributed by atoms with Crippen LogP contribution in [-0.4, -0.2) is 41.5 Å². The first-order valence-electron chi connectivity index (χ1n) is 8.48. The Morgan fingerprint density at radius 2 is 2.09 bits per heavy atom. The van der Waals surface area contributed by atoms with Crippen molar-refractivity contribution in [2.24, 2.45) is 11.1 Å². The third-order valence-corrected chi connectivity index (χ3v) is 4.89. The molecule has 1 aliphatic carbocycles. The highest BCUT2D eigenvalue weighted by Crippen LogP contribution is 2.30. The number of likely N-dealkylation sites (tertiary alicyclic amines) is 1. The van der Waals surface area contributed by atoms with Crippen LogP contribution in [-0.2, 0) is 4.79 Å². The lowest BCUT2D eigenvalue weighted by Crippen LogP contribution is -2.55. The summed E-state index contributed by atoms with van der Waals surface area (Å²) >= 11 is 0. The molecule has 124 valence electrons. The second-order valence-corrected chi connectivity index (χ2v) is 8.21. The Morgan fingerprint density at radius 1 is 1.45 bits per heavy atom. The van der Waals surface area contributed by atoms with Crippen molar-refractivity contribution in [3.63, 3.8) is 0 Å². The van der Waals surface area contributed by atoms with Gasteiger partial charge in [-0.15, -0.1) is 0 Å². The Labute approximate surface area is 134 Å². The van der Waals surface area contributed by atoms with Crippen molar-refractivity contribution in [3.05, 3.63) is 0 Å². The van der Waals surface area contributed by atoms with Crippen LogP contribution in [0.5, 0.6) is 0 Å². The first kappa shape index (κ1) is 17.2. The van der Waals surface area contributed by atoms with E-state index in [1.165, 1.54) is 25.7 Å². The molecule has 0 radical (unpaired) electrons. The van der Waals surface area contributed by atoms with Crippen molar-refractivity contribution in [1.82, 2.24) is 10.2 Å². The van der Waals surface area contributed by atoms with E-state index in [4.69, 9.17) is 5.73 Å². The molecule has 1 amide bonds. The molecule has 5 heteroatoms. The maximum Gasteiger partial charge on any atom is 0.238 e. The second-order valence-electron chi connectivity index (χ2n) is 8.21. The van der Waals surface area contributed by atoms with Crippen molar-refractivity contribution < 1.29 is 4.79 Å². The van der Waals surface area contributed by atoms with Crippen molar-refractivity contribution in [2.75, 3.05) is 13.1 Å². The maximum absolute atomic E-state index is 12.4. The van der Waals surface area contributed by atoms with E-state index in [2.05, 4.69) is 37.1 Å². The monoisotopic (exact) mass is 306 g/mol. The lowest BCUT2D eigenvalue weighted by atomic mass is 9.87. The van der Waals surface area contributed by atoms with E-state index in [1.807, 2.05) is 0 Å². The number of nitrogens with zero attached hydrogens (tertiary/aromatic N) is 2. The van der Waals surface area contributed by atoms with Gasteiger partial charge in [0.2, 0.25) is 5.91 Å². The van der Waals surface area contributed by atoms with Crippen molar-refractivity contribution in [1.29, 1.82) is 5.26 Å². The van der Waals surface area contributed by atoms with Crippen LogP contribution in [0.2, 0.25) is 0 Å². The van der Waals surface area contributed by atoms with Gasteiger partial charge in [-0.05, 0) is 31.1 Å². The van der Waals surface area contributed by atoms with Crippen molar-refractivity contribution >= 4 is 5.91 Å². The lowest BCUT2D eigenvalue weighted by Gasteiger charge is -2.29. The van der Waals surface area contributed by atoms with E-state index in [0.29, 0.717) is 25.4 Å². The van der Waals surface area contributed by atoms with Gasteiger partial charge in [-0.2, -0.15) is 5.26 Å². The zero-order chi connectivity index (χ0) is 16.4. The molecule has 3 N–H and O–H groups in total. The van der Waals surface area contributed by atoms with E-state index >= 15 is 0 Å². The molecule has 0 aromatic carbocycles. The van der Waals surface area contributed by atoms with E-state index in [9.17, 15) is 10.1 Å². The van der Waals surface area contributed by atoms with Crippen LogP contribution >= 0.6 is 0 Å². The fourth-order valence-electron chi connectivity index (χ4n) is 3.72. The highest BCUT2D eigenvalue weighted by atomic mass is 16.2. The molecular formula is C17H30N4O. The number of rotatable bonds is 4. The molecule has 5 nitrogen and oxygen atoms in total. The standard InChI is InChI=1S/C17H30N4O/c1-16(2,3)10-14(19)15(22)20-17(11-18)8-9-21(12-17)13-6-4-5-7-13/h13-14H,4-10,12,19H2,1-3H3,(H,20,22). The Balaban J connectivity index is 1.94. The SMILES string of the molecule is CC(C)(C)CC(N)C(=O)NC1(C#N)CCN(C2CCCC2)C1. The minimum atomic E-state index is -0.755. The number of carbonyl (C=O) groups excluding carboxylic acids is 1. The molecule has 0 spiro atoms. The molecule has 0 aromatic rings. The Hall–Kier alpha value is -1.12. The molecule has 1 heterocycles. The summed E-state index contributed by atoms with van der Waals surface area (Å²) in [7, 11) is 0. The molecule has 2 rings (SSSR count). The molecule has 22 heavy (non-hydrogen) atoms. The number of nitriles is 1. The summed E-state index contributed by atoms with van der Waals surface area (Å²) in [6, 6.07) is 2.39. The highest BCUT2D eigenvalue weighted by molar-refractivity contribution is 5.82. The van der Waals surface area contributed by atoms with Gasteiger partial charge in [0.15, 0.2) is 0 Å². The smallest absolute Gasteiger partial charge is 0.238 e. The van der Waals surface area contributed by atoms with Gasteiger partial charge in [-0.1, -0.05) is 33.6 Å². The Bertz CT molecular complexity index is 445. The molecule has 0 aromatic heterocycles. The van der Waals surface area contributed by atoms with Gasteiger partial charge < -0.3 is 11.1 Å². The second kappa shape index (κ2) is 6.55. The van der Waals surface area contributed by atoms with Crippen molar-refractivity contribution in [2.45, 2.75) is 76.9 Å². The average Bonchev–Trinajstić information content (AvgIpc) is 3.05. The van der Waals surface area contributed by atoms with E-state index in [-0.39, 0.29) is 11.3 Å². The number of hydrogen-bond donors (Lipinski definition) is 2. The molecule has 2 aliphatic rings. The fourth-order valence-corrected chi connectivity index (χ4v) is 3.72. The molecule has 1 aliphatic heterocycles. The zero-order valence-electron chi connectivity index (χ0n) is 14.2. The number of hydrogen-bond acceptors (Lipinski definition) is 4. The molecule has 0 bridgehead atoms. The predicted molar refractivity (Wildman–Crippen MR) is 87.0 cm³/mol. The van der Waals surface area contributed by atoms with Gasteiger partial charge in [0.1, 0.15) is 5.54 Å². The summed E-state index contributed by atoms with van der Waals surface area (Å²) in [5, 5.41) is 12.6. The van der Waals surface area contributed by atoms with Crippen LogP contribution in [0.4, 0.5) is 0 Å². The summed E-state index contributed by atoms with van der Waals surface area (Å²) in [6.45, 7) is 7.74. The quantitative estimate of drug-likeness (QED) is 0.829. The van der Waals surface area contributed by atoms with Gasteiger partial charge in [-0.25, -0.2) is 0 Å². The predicted octanol–water partition coefficient (Wildman–Crippen LogP) is 1.78. The first-order chi connectivity index (χ1) is 10.2. The van der Waals surface area contributed by atoms with Crippen LogP contribution in [0.15, 0.2) is 0 Å². The Morgan fingerprint density at radius 3 is 2.64 bits per heavy atom. The molecule has 2 fully saturated rings. The summed E-state index contributed by atoms with van der Waals surface area (Å²) in [4.78, 5) is 14.7. The number of nitrogens with two attached hydrogens (primary N) is 1. The third-order valence-electron chi connectivity index (χ3n) is 4.89. The minimum absolute atomic E-state index is 0.00211. The largest absolute Gasteiger partial charge is 0.335 e. The molecule has 2 unspecified atom stereocenters. The summed E-state index contributed by atoms with van der Waals surface area (Å²) < 4.78 is 0. The summed E-state index contributed by atoms with van der Waals surface area (Å²) in [5.74, 6) is -0.190. The van der Waals surface area contributed by atoms with Gasteiger partial charge in [0.25, 0.3) is 0 Å². The van der Waals surface area contributed by atoms with Crippen LogP contribution in [0, 0.1) is 16.7 Å². The molecule has 2 atom stereocenters. The zero-order valence-corrected chi connectivity index (χ0v) is 14.2. The molecule has 1 saturated heterocycles. The molecule has 1 saturated carbocycles. The minimum Gasteiger partial charge on any atom is -0.335 e. The highest BCUT2D eigenvalue weighted by Gasteiger charge is 2.43. The van der Waals surface area contributed by atoms with Crippen molar-refractivity contribution in [3.8, 4) is 6.07 Å². The first-order valence-corrected chi connectivity index (χ1v) is 8.48. The van der Waals surface area contributed by atoms with Crippen LogP contribution in [0.3, 0.4) is 0 Å². The summed E-state index contributed by atoms with van der Waals surface area (Å²) in [5.41, 5.74) is 5.26. The van der Waals surface area contributed by atoms with Gasteiger partial charge in [-0.3, -0.25) is 9.69 Å². The van der Waals surface area contributed by atoms with E-state index in [0.717, 1.165) is 6.54 Å². The fraction of sp³-hybridized carbons (Fsp3) is 0.882. The normalized spacial score (nSPS) is 28.5. The number of amides is 1. The average molecular weight is 306 g/mol. The number of nitrogens with one attached hydrogen (secondary N) is 1. The number of carbonyl (C=O) groups is 1. The summed E-state index contributed by atoms with van der Waals surface area (Å²) in [6.07, 6.45) is 6.33. The van der Waals surface area contributed by atoms with E-state index in [1.54, 1.807) is 0 Å².